The molecule has 1 aliphatic rings. The summed E-state index contributed by atoms with van der Waals surface area (Å²) in [5.74, 6) is -0.590. The Hall–Kier alpha value is -2.59. The fourth-order valence-corrected chi connectivity index (χ4v) is 6.20. The first-order chi connectivity index (χ1) is 15.1. The van der Waals surface area contributed by atoms with Crippen LogP contribution in [0.4, 0.5) is 0 Å². The van der Waals surface area contributed by atoms with Gasteiger partial charge in [-0.2, -0.15) is 4.31 Å². The van der Waals surface area contributed by atoms with E-state index >= 15 is 0 Å². The molecule has 0 saturated carbocycles. The van der Waals surface area contributed by atoms with Gasteiger partial charge in [-0.25, -0.2) is 13.2 Å². The Bertz CT molecular complexity index is 1090. The average molecular weight is 466 g/mol. The molecule has 1 aliphatic heterocycles. The molecule has 1 unspecified atom stereocenters. The standard InChI is InChI=1S/C22H31N3O6S/c1-6-30-22(27)19-15(2)24(5)16(3)20(19)32(28,29)25-11-7-9-17(13-25)21(26)23(4)14-18-10-8-12-31-18/h8,10,12,17H,6-7,9,11,13-14H2,1-5H3. The molecule has 0 bridgehead atoms. The summed E-state index contributed by atoms with van der Waals surface area (Å²) in [6.07, 6.45) is 2.71. The molecule has 2 aromatic rings. The number of aromatic nitrogens is 1. The molecule has 3 rings (SSSR count). The summed E-state index contributed by atoms with van der Waals surface area (Å²) in [6, 6.07) is 3.55. The highest BCUT2D eigenvalue weighted by atomic mass is 32.2. The van der Waals surface area contributed by atoms with E-state index in [2.05, 4.69) is 0 Å². The summed E-state index contributed by atoms with van der Waals surface area (Å²) in [5.41, 5.74) is 1.06. The van der Waals surface area contributed by atoms with E-state index in [9.17, 15) is 18.0 Å². The SMILES string of the molecule is CCOC(=O)c1c(S(=O)(=O)N2CCCC(C(=O)N(C)Cc3ccco3)C2)c(C)n(C)c1C. The zero-order valence-electron chi connectivity index (χ0n) is 19.3. The van der Waals surface area contributed by atoms with Crippen LogP contribution in [0.15, 0.2) is 27.7 Å². The lowest BCUT2D eigenvalue weighted by molar-refractivity contribution is -0.136. The van der Waals surface area contributed by atoms with Gasteiger partial charge in [-0.05, 0) is 45.7 Å². The first-order valence-corrected chi connectivity index (χ1v) is 12.1. The van der Waals surface area contributed by atoms with Crippen molar-refractivity contribution < 1.29 is 27.2 Å². The van der Waals surface area contributed by atoms with Crippen molar-refractivity contribution >= 4 is 21.9 Å². The number of esters is 1. The van der Waals surface area contributed by atoms with Crippen molar-refractivity contribution in [2.75, 3.05) is 26.7 Å². The molecule has 1 saturated heterocycles. The molecule has 32 heavy (non-hydrogen) atoms. The Labute approximate surface area is 189 Å². The van der Waals surface area contributed by atoms with E-state index in [-0.39, 0.29) is 29.5 Å². The lowest BCUT2D eigenvalue weighted by Crippen LogP contribution is -2.46. The molecule has 3 heterocycles. The van der Waals surface area contributed by atoms with Crippen molar-refractivity contribution in [3.63, 3.8) is 0 Å². The van der Waals surface area contributed by atoms with Gasteiger partial charge in [0.25, 0.3) is 0 Å². The molecule has 2 aromatic heterocycles. The molecule has 0 radical (unpaired) electrons. The minimum absolute atomic E-state index is 0.0343. The van der Waals surface area contributed by atoms with E-state index in [1.54, 1.807) is 62.7 Å². The van der Waals surface area contributed by atoms with Gasteiger partial charge in [0.2, 0.25) is 15.9 Å². The Kier molecular flexibility index (Phi) is 7.14. The predicted octanol–water partition coefficient (Wildman–Crippen LogP) is 2.47. The van der Waals surface area contributed by atoms with Crippen LogP contribution in [0.3, 0.4) is 0 Å². The van der Waals surface area contributed by atoms with Crippen LogP contribution in [0.2, 0.25) is 0 Å². The summed E-state index contributed by atoms with van der Waals surface area (Å²) in [7, 11) is -0.605. The van der Waals surface area contributed by atoms with Gasteiger partial charge in [0.15, 0.2) is 0 Å². The van der Waals surface area contributed by atoms with Crippen LogP contribution in [0.5, 0.6) is 0 Å². The number of sulfonamides is 1. The molecule has 0 aliphatic carbocycles. The van der Waals surface area contributed by atoms with Gasteiger partial charge in [-0.15, -0.1) is 0 Å². The first-order valence-electron chi connectivity index (χ1n) is 10.7. The van der Waals surface area contributed by atoms with E-state index in [4.69, 9.17) is 9.15 Å². The van der Waals surface area contributed by atoms with Gasteiger partial charge in [0.1, 0.15) is 16.2 Å². The van der Waals surface area contributed by atoms with E-state index in [0.29, 0.717) is 43.1 Å². The highest BCUT2D eigenvalue weighted by Gasteiger charge is 2.39. The van der Waals surface area contributed by atoms with Crippen LogP contribution < -0.4 is 0 Å². The molecule has 1 fully saturated rings. The Morgan fingerprint density at radius 2 is 2.00 bits per heavy atom. The average Bonchev–Trinajstić information content (AvgIpc) is 3.35. The smallest absolute Gasteiger partial charge is 0.341 e. The second kappa shape index (κ2) is 9.50. The predicted molar refractivity (Wildman–Crippen MR) is 118 cm³/mol. The van der Waals surface area contributed by atoms with Gasteiger partial charge in [0.05, 0.1) is 25.3 Å². The molecule has 1 atom stereocenters. The number of carbonyl (C=O) groups excluding carboxylic acids is 2. The van der Waals surface area contributed by atoms with Gasteiger partial charge in [0, 0.05) is 38.6 Å². The third-order valence-electron chi connectivity index (χ3n) is 6.08. The molecule has 0 aromatic carbocycles. The zero-order valence-corrected chi connectivity index (χ0v) is 20.1. The quantitative estimate of drug-likeness (QED) is 0.582. The van der Waals surface area contributed by atoms with Crippen LogP contribution in [-0.4, -0.2) is 60.8 Å². The van der Waals surface area contributed by atoms with E-state index in [1.165, 1.54) is 4.31 Å². The highest BCUT2D eigenvalue weighted by molar-refractivity contribution is 7.89. The molecule has 9 nitrogen and oxygen atoms in total. The molecule has 0 N–H and O–H groups in total. The first kappa shape index (κ1) is 24.1. The van der Waals surface area contributed by atoms with Gasteiger partial charge < -0.3 is 18.6 Å². The summed E-state index contributed by atoms with van der Waals surface area (Å²) in [4.78, 5) is 27.1. The summed E-state index contributed by atoms with van der Waals surface area (Å²) in [6.45, 7) is 5.88. The minimum atomic E-state index is -4.01. The van der Waals surface area contributed by atoms with Crippen LogP contribution in [0, 0.1) is 19.8 Å². The number of hydrogen-bond donors (Lipinski definition) is 0. The van der Waals surface area contributed by atoms with Crippen molar-refractivity contribution in [1.82, 2.24) is 13.8 Å². The second-order valence-corrected chi connectivity index (χ2v) is 10.0. The van der Waals surface area contributed by atoms with Crippen LogP contribution in [0.1, 0.15) is 47.3 Å². The van der Waals surface area contributed by atoms with Gasteiger partial charge in [-0.3, -0.25) is 4.79 Å². The molecule has 10 heteroatoms. The number of nitrogens with zero attached hydrogens (tertiary/aromatic N) is 3. The lowest BCUT2D eigenvalue weighted by atomic mass is 9.98. The summed E-state index contributed by atoms with van der Waals surface area (Å²) >= 11 is 0. The van der Waals surface area contributed by atoms with Crippen molar-refractivity contribution in [3.8, 4) is 0 Å². The van der Waals surface area contributed by atoms with Crippen LogP contribution in [0.25, 0.3) is 0 Å². The summed E-state index contributed by atoms with van der Waals surface area (Å²) in [5, 5.41) is 0. The van der Waals surface area contributed by atoms with Crippen molar-refractivity contribution in [2.24, 2.45) is 13.0 Å². The fraction of sp³-hybridized carbons (Fsp3) is 0.545. The highest BCUT2D eigenvalue weighted by Crippen LogP contribution is 2.32. The third kappa shape index (κ3) is 4.47. The van der Waals surface area contributed by atoms with Gasteiger partial charge >= 0.3 is 5.97 Å². The third-order valence-corrected chi connectivity index (χ3v) is 8.11. The maximum atomic E-state index is 13.7. The number of furan rings is 1. The number of piperidine rings is 1. The lowest BCUT2D eigenvalue weighted by Gasteiger charge is -2.33. The van der Waals surface area contributed by atoms with Crippen LogP contribution >= 0.6 is 0 Å². The molecule has 1 amide bonds. The largest absolute Gasteiger partial charge is 0.467 e. The van der Waals surface area contributed by atoms with Crippen molar-refractivity contribution in [3.05, 3.63) is 41.1 Å². The number of ether oxygens (including phenoxy) is 1. The Balaban J connectivity index is 1.87. The molecule has 0 spiro atoms. The Morgan fingerprint density at radius 3 is 2.62 bits per heavy atom. The van der Waals surface area contributed by atoms with E-state index in [1.807, 2.05) is 0 Å². The number of hydrogen-bond acceptors (Lipinski definition) is 6. The summed E-state index contributed by atoms with van der Waals surface area (Å²) < 4.78 is 40.8. The maximum Gasteiger partial charge on any atom is 0.341 e. The monoisotopic (exact) mass is 465 g/mol. The zero-order chi connectivity index (χ0) is 23.6. The van der Waals surface area contributed by atoms with E-state index in [0.717, 1.165) is 0 Å². The number of rotatable bonds is 7. The van der Waals surface area contributed by atoms with Crippen molar-refractivity contribution in [1.29, 1.82) is 0 Å². The topological polar surface area (TPSA) is 102 Å². The number of amides is 1. The Morgan fingerprint density at radius 1 is 1.28 bits per heavy atom. The van der Waals surface area contributed by atoms with Gasteiger partial charge in [-0.1, -0.05) is 0 Å². The minimum Gasteiger partial charge on any atom is -0.467 e. The molecular weight excluding hydrogens is 434 g/mol. The van der Waals surface area contributed by atoms with Crippen molar-refractivity contribution in [2.45, 2.75) is 45.1 Å². The normalized spacial score (nSPS) is 17.3. The number of carbonyl (C=O) groups is 2. The van der Waals surface area contributed by atoms with Crippen LogP contribution in [-0.2, 0) is 33.1 Å². The fourth-order valence-electron chi connectivity index (χ4n) is 4.19. The second-order valence-electron chi connectivity index (χ2n) is 8.13. The maximum absolute atomic E-state index is 13.7. The molecule has 176 valence electrons. The van der Waals surface area contributed by atoms with E-state index < -0.39 is 21.9 Å². The molecular formula is C22H31N3O6S.